The van der Waals surface area contributed by atoms with Crippen molar-refractivity contribution in [1.82, 2.24) is 21.0 Å². The third-order valence-electron chi connectivity index (χ3n) is 5.64. The summed E-state index contributed by atoms with van der Waals surface area (Å²) >= 11 is 0. The Balaban J connectivity index is 1.19. The Labute approximate surface area is 174 Å². The van der Waals surface area contributed by atoms with Crippen molar-refractivity contribution in [2.24, 2.45) is 0 Å². The summed E-state index contributed by atoms with van der Waals surface area (Å²) in [5.41, 5.74) is 8.67. The standard InChI is InChI=1S/C22H24N6O2/c29-22(19-14-18(25-26-19)20-4-3-13-30-20)23-16-7-5-15(6-8-16)17-9-10-21(27-24-17)28-11-1-2-12-28/h3-10,13,18-19,25-26H,1-2,11-12,14H2,(H,23,29). The topological polar surface area (TPSA) is 95.3 Å². The highest BCUT2D eigenvalue weighted by molar-refractivity contribution is 5.95. The summed E-state index contributed by atoms with van der Waals surface area (Å²) in [6, 6.07) is 15.1. The molecular weight excluding hydrogens is 380 g/mol. The van der Waals surface area contributed by atoms with Crippen LogP contribution in [0.4, 0.5) is 11.5 Å². The molecule has 2 aliphatic rings. The van der Waals surface area contributed by atoms with Crippen LogP contribution in [0.5, 0.6) is 0 Å². The third-order valence-corrected chi connectivity index (χ3v) is 5.64. The summed E-state index contributed by atoms with van der Waals surface area (Å²) in [6.07, 6.45) is 4.69. The van der Waals surface area contributed by atoms with Crippen LogP contribution in [0.25, 0.3) is 11.3 Å². The van der Waals surface area contributed by atoms with Gasteiger partial charge in [0.2, 0.25) is 5.91 Å². The van der Waals surface area contributed by atoms with E-state index in [1.165, 1.54) is 12.8 Å². The normalized spacial score (nSPS) is 21.1. The number of hydrazine groups is 1. The molecule has 30 heavy (non-hydrogen) atoms. The lowest BCUT2D eigenvalue weighted by Crippen LogP contribution is -2.39. The van der Waals surface area contributed by atoms with E-state index in [0.29, 0.717) is 6.42 Å². The molecule has 5 rings (SSSR count). The second kappa shape index (κ2) is 8.25. The average molecular weight is 404 g/mol. The molecule has 2 aromatic heterocycles. The Kier molecular flexibility index (Phi) is 5.17. The molecule has 2 fully saturated rings. The fourth-order valence-electron chi connectivity index (χ4n) is 3.95. The number of carbonyl (C=O) groups is 1. The maximum Gasteiger partial charge on any atom is 0.242 e. The highest BCUT2D eigenvalue weighted by atomic mass is 16.3. The van der Waals surface area contributed by atoms with Crippen molar-refractivity contribution >= 4 is 17.4 Å². The molecule has 0 aliphatic carbocycles. The Morgan fingerprint density at radius 2 is 1.87 bits per heavy atom. The van der Waals surface area contributed by atoms with Crippen LogP contribution >= 0.6 is 0 Å². The monoisotopic (exact) mass is 404 g/mol. The summed E-state index contributed by atoms with van der Waals surface area (Å²) < 4.78 is 5.41. The minimum absolute atomic E-state index is 0.0137. The van der Waals surface area contributed by atoms with E-state index in [0.717, 1.165) is 41.6 Å². The van der Waals surface area contributed by atoms with Gasteiger partial charge in [-0.3, -0.25) is 4.79 Å². The Bertz CT molecular complexity index is 981. The largest absolute Gasteiger partial charge is 0.468 e. The van der Waals surface area contributed by atoms with Crippen LogP contribution in [0, 0.1) is 0 Å². The molecule has 0 radical (unpaired) electrons. The van der Waals surface area contributed by atoms with Gasteiger partial charge in [-0.15, -0.1) is 10.2 Å². The van der Waals surface area contributed by atoms with Crippen LogP contribution < -0.4 is 21.1 Å². The van der Waals surface area contributed by atoms with Gasteiger partial charge in [-0.05, 0) is 55.7 Å². The first-order chi connectivity index (χ1) is 14.8. The fraction of sp³-hybridized carbons (Fsp3) is 0.318. The van der Waals surface area contributed by atoms with Crippen molar-refractivity contribution in [2.45, 2.75) is 31.3 Å². The lowest BCUT2D eigenvalue weighted by Gasteiger charge is -2.15. The maximum absolute atomic E-state index is 12.6. The molecule has 4 heterocycles. The number of carbonyl (C=O) groups excluding carboxylic acids is 1. The molecule has 154 valence electrons. The van der Waals surface area contributed by atoms with Crippen molar-refractivity contribution in [3.8, 4) is 11.3 Å². The fourth-order valence-corrected chi connectivity index (χ4v) is 3.95. The van der Waals surface area contributed by atoms with Crippen molar-refractivity contribution in [3.05, 3.63) is 60.6 Å². The summed E-state index contributed by atoms with van der Waals surface area (Å²) in [4.78, 5) is 14.8. The van der Waals surface area contributed by atoms with Gasteiger partial charge in [0.25, 0.3) is 0 Å². The van der Waals surface area contributed by atoms with E-state index in [1.807, 2.05) is 48.5 Å². The molecule has 2 unspecified atom stereocenters. The number of hydrogen-bond acceptors (Lipinski definition) is 7. The predicted octanol–water partition coefficient (Wildman–Crippen LogP) is 2.88. The van der Waals surface area contributed by atoms with Gasteiger partial charge in [0.1, 0.15) is 11.8 Å². The molecule has 0 saturated carbocycles. The Morgan fingerprint density at radius 1 is 1.03 bits per heavy atom. The lowest BCUT2D eigenvalue weighted by atomic mass is 10.1. The zero-order valence-corrected chi connectivity index (χ0v) is 16.5. The van der Waals surface area contributed by atoms with Crippen molar-refractivity contribution in [1.29, 1.82) is 0 Å². The third kappa shape index (κ3) is 3.92. The molecule has 1 amide bonds. The van der Waals surface area contributed by atoms with E-state index in [1.54, 1.807) is 6.26 Å². The number of anilines is 2. The molecule has 2 saturated heterocycles. The zero-order valence-electron chi connectivity index (χ0n) is 16.5. The van der Waals surface area contributed by atoms with Crippen LogP contribution in [-0.2, 0) is 4.79 Å². The van der Waals surface area contributed by atoms with Gasteiger partial charge in [0.15, 0.2) is 5.82 Å². The van der Waals surface area contributed by atoms with Crippen molar-refractivity contribution < 1.29 is 9.21 Å². The number of furan rings is 1. The lowest BCUT2D eigenvalue weighted by molar-refractivity contribution is -0.117. The summed E-state index contributed by atoms with van der Waals surface area (Å²) in [5, 5.41) is 11.7. The van der Waals surface area contributed by atoms with Crippen LogP contribution in [0.15, 0.2) is 59.2 Å². The summed E-state index contributed by atoms with van der Waals surface area (Å²) in [6.45, 7) is 2.10. The van der Waals surface area contributed by atoms with E-state index in [-0.39, 0.29) is 18.0 Å². The van der Waals surface area contributed by atoms with Gasteiger partial charge >= 0.3 is 0 Å². The Hall–Kier alpha value is -3.23. The quantitative estimate of drug-likeness (QED) is 0.602. The second-order valence-corrected chi connectivity index (χ2v) is 7.68. The number of benzene rings is 1. The van der Waals surface area contributed by atoms with E-state index < -0.39 is 0 Å². The number of nitrogens with zero attached hydrogens (tertiary/aromatic N) is 3. The minimum atomic E-state index is -0.330. The number of nitrogens with one attached hydrogen (secondary N) is 3. The molecule has 2 atom stereocenters. The molecule has 8 nitrogen and oxygen atoms in total. The van der Waals surface area contributed by atoms with Crippen molar-refractivity contribution in [2.75, 3.05) is 23.3 Å². The van der Waals surface area contributed by atoms with Gasteiger partial charge < -0.3 is 14.6 Å². The predicted molar refractivity (Wildman–Crippen MR) is 114 cm³/mol. The summed E-state index contributed by atoms with van der Waals surface area (Å²) in [7, 11) is 0. The molecule has 3 aromatic rings. The molecule has 2 aliphatic heterocycles. The van der Waals surface area contributed by atoms with Crippen LogP contribution in [0.1, 0.15) is 31.1 Å². The number of rotatable bonds is 5. The van der Waals surface area contributed by atoms with Crippen molar-refractivity contribution in [3.63, 3.8) is 0 Å². The first kappa shape index (κ1) is 18.8. The molecule has 1 aromatic carbocycles. The van der Waals surface area contributed by atoms with Gasteiger partial charge in [-0.25, -0.2) is 10.9 Å². The van der Waals surface area contributed by atoms with Crippen LogP contribution in [0.3, 0.4) is 0 Å². The number of amides is 1. The highest BCUT2D eigenvalue weighted by Gasteiger charge is 2.31. The second-order valence-electron chi connectivity index (χ2n) is 7.68. The van der Waals surface area contributed by atoms with E-state index >= 15 is 0 Å². The minimum Gasteiger partial charge on any atom is -0.468 e. The SMILES string of the molecule is O=C(Nc1ccc(-c2ccc(N3CCCC3)nn2)cc1)C1CC(c2ccco2)NN1. The molecule has 3 N–H and O–H groups in total. The number of aromatic nitrogens is 2. The Morgan fingerprint density at radius 3 is 2.57 bits per heavy atom. The van der Waals surface area contributed by atoms with Gasteiger partial charge in [0, 0.05) is 24.3 Å². The van der Waals surface area contributed by atoms with E-state index in [9.17, 15) is 4.79 Å². The van der Waals surface area contributed by atoms with Gasteiger partial charge in [0.05, 0.1) is 18.0 Å². The molecular formula is C22H24N6O2. The molecule has 0 bridgehead atoms. The first-order valence-electron chi connectivity index (χ1n) is 10.3. The molecule has 0 spiro atoms. The number of hydrogen-bond donors (Lipinski definition) is 3. The molecule has 8 heteroatoms. The van der Waals surface area contributed by atoms with E-state index in [4.69, 9.17) is 4.42 Å². The van der Waals surface area contributed by atoms with Gasteiger partial charge in [-0.2, -0.15) is 0 Å². The van der Waals surface area contributed by atoms with Crippen LogP contribution in [-0.4, -0.2) is 35.2 Å². The maximum atomic E-state index is 12.6. The van der Waals surface area contributed by atoms with Gasteiger partial charge in [-0.1, -0.05) is 12.1 Å². The van der Waals surface area contributed by atoms with E-state index in [2.05, 4.69) is 31.3 Å². The van der Waals surface area contributed by atoms with Crippen LogP contribution in [0.2, 0.25) is 0 Å². The first-order valence-corrected chi connectivity index (χ1v) is 10.3. The summed E-state index contributed by atoms with van der Waals surface area (Å²) in [5.74, 6) is 1.67. The smallest absolute Gasteiger partial charge is 0.242 e. The zero-order chi connectivity index (χ0) is 20.3. The highest BCUT2D eigenvalue weighted by Crippen LogP contribution is 2.25. The average Bonchev–Trinajstić information content (AvgIpc) is 3.57.